The zero-order valence-corrected chi connectivity index (χ0v) is 15.4. The Morgan fingerprint density at radius 2 is 1.62 bits per heavy atom. The third-order valence-electron chi connectivity index (χ3n) is 4.24. The average Bonchev–Trinajstić information content (AvgIpc) is 2.70. The molecule has 0 aliphatic rings. The maximum absolute atomic E-state index is 12.9. The molecule has 0 aliphatic heterocycles. The number of thioether (sulfide) groups is 1. The van der Waals surface area contributed by atoms with Crippen LogP contribution < -0.4 is 0 Å². The van der Waals surface area contributed by atoms with Crippen LogP contribution in [0.25, 0.3) is 10.8 Å². The molecule has 0 aliphatic carbocycles. The van der Waals surface area contributed by atoms with Gasteiger partial charge in [-0.25, -0.2) is 0 Å². The molecule has 0 aromatic heterocycles. The minimum atomic E-state index is -0.283. The van der Waals surface area contributed by atoms with Crippen molar-refractivity contribution in [3.8, 4) is 0 Å². The molecule has 0 saturated heterocycles. The lowest BCUT2D eigenvalue weighted by Gasteiger charge is -2.16. The van der Waals surface area contributed by atoms with E-state index in [1.165, 1.54) is 18.9 Å². The highest BCUT2D eigenvalue weighted by atomic mass is 32.2. The van der Waals surface area contributed by atoms with Gasteiger partial charge in [0.05, 0.1) is 12.9 Å². The first kappa shape index (κ1) is 18.2. The predicted octanol–water partition coefficient (Wildman–Crippen LogP) is 5.06. The van der Waals surface area contributed by atoms with Gasteiger partial charge in [-0.2, -0.15) is 0 Å². The van der Waals surface area contributed by atoms with Gasteiger partial charge in [-0.3, -0.25) is 9.59 Å². The monoisotopic (exact) mass is 364 g/mol. The van der Waals surface area contributed by atoms with Crippen molar-refractivity contribution in [3.05, 3.63) is 83.9 Å². The first-order chi connectivity index (χ1) is 12.7. The number of ether oxygens (including phenoxy) is 1. The van der Waals surface area contributed by atoms with E-state index in [0.717, 1.165) is 16.3 Å². The smallest absolute Gasteiger partial charge is 0.315 e. The quantitative estimate of drug-likeness (QED) is 0.434. The Hall–Kier alpha value is -2.59. The molecule has 0 heterocycles. The fraction of sp³-hybridized carbons (Fsp3) is 0.182. The Morgan fingerprint density at radius 1 is 0.923 bits per heavy atom. The van der Waals surface area contributed by atoms with Gasteiger partial charge in [0.25, 0.3) is 0 Å². The van der Waals surface area contributed by atoms with Crippen molar-refractivity contribution in [2.75, 3.05) is 12.9 Å². The molecule has 132 valence electrons. The molecule has 3 aromatic carbocycles. The SMILES string of the molecule is COC(=O)CS[C@@H](CC(=O)c1ccc2ccccc2c1)c1ccccc1. The number of rotatable bonds is 7. The van der Waals surface area contributed by atoms with E-state index in [4.69, 9.17) is 4.74 Å². The summed E-state index contributed by atoms with van der Waals surface area (Å²) in [5.74, 6) is 0.0113. The van der Waals surface area contributed by atoms with Gasteiger partial charge in [0, 0.05) is 17.2 Å². The molecule has 3 rings (SSSR count). The first-order valence-corrected chi connectivity index (χ1v) is 9.47. The molecular formula is C22H20O3S. The fourth-order valence-corrected chi connectivity index (χ4v) is 3.89. The summed E-state index contributed by atoms with van der Waals surface area (Å²) in [5, 5.41) is 2.08. The number of benzene rings is 3. The van der Waals surface area contributed by atoms with Gasteiger partial charge < -0.3 is 4.74 Å². The summed E-state index contributed by atoms with van der Waals surface area (Å²) in [4.78, 5) is 24.4. The van der Waals surface area contributed by atoms with Crippen molar-refractivity contribution < 1.29 is 14.3 Å². The number of fused-ring (bicyclic) bond motifs is 1. The van der Waals surface area contributed by atoms with Crippen LogP contribution in [0, 0.1) is 0 Å². The molecule has 0 bridgehead atoms. The molecule has 0 amide bonds. The second-order valence-corrected chi connectivity index (χ2v) is 7.17. The lowest BCUT2D eigenvalue weighted by molar-refractivity contribution is -0.137. The van der Waals surface area contributed by atoms with E-state index < -0.39 is 0 Å². The van der Waals surface area contributed by atoms with Crippen LogP contribution in [0.3, 0.4) is 0 Å². The van der Waals surface area contributed by atoms with Gasteiger partial charge in [-0.05, 0) is 22.4 Å². The van der Waals surface area contributed by atoms with Crippen LogP contribution in [0.15, 0.2) is 72.8 Å². The summed E-state index contributed by atoms with van der Waals surface area (Å²) >= 11 is 1.44. The topological polar surface area (TPSA) is 43.4 Å². The zero-order valence-electron chi connectivity index (χ0n) is 14.6. The molecule has 0 unspecified atom stereocenters. The summed E-state index contributed by atoms with van der Waals surface area (Å²) in [6, 6.07) is 23.6. The highest BCUT2D eigenvalue weighted by Gasteiger charge is 2.19. The van der Waals surface area contributed by atoms with Gasteiger partial charge in [0.15, 0.2) is 5.78 Å². The van der Waals surface area contributed by atoms with Crippen LogP contribution >= 0.6 is 11.8 Å². The molecule has 26 heavy (non-hydrogen) atoms. The van der Waals surface area contributed by atoms with Crippen LogP contribution in [0.1, 0.15) is 27.6 Å². The van der Waals surface area contributed by atoms with Crippen LogP contribution in [-0.4, -0.2) is 24.6 Å². The van der Waals surface area contributed by atoms with E-state index in [1.807, 2.05) is 72.8 Å². The van der Waals surface area contributed by atoms with Crippen molar-refractivity contribution in [1.29, 1.82) is 0 Å². The van der Waals surface area contributed by atoms with E-state index >= 15 is 0 Å². The minimum absolute atomic E-state index is 0.0713. The molecule has 0 fully saturated rings. The van der Waals surface area contributed by atoms with Crippen LogP contribution in [0.5, 0.6) is 0 Å². The third-order valence-corrected chi connectivity index (χ3v) is 5.49. The number of carbonyl (C=O) groups excluding carboxylic acids is 2. The Kier molecular flexibility index (Phi) is 6.08. The van der Waals surface area contributed by atoms with Crippen LogP contribution in [0.2, 0.25) is 0 Å². The number of ketones is 1. The van der Waals surface area contributed by atoms with Crippen molar-refractivity contribution >= 4 is 34.3 Å². The largest absolute Gasteiger partial charge is 0.468 e. The molecular weight excluding hydrogens is 344 g/mol. The standard InChI is InChI=1S/C22H20O3S/c1-25-22(24)15-26-21(17-8-3-2-4-9-17)14-20(23)19-12-11-16-7-5-6-10-18(16)13-19/h2-13,21H,14-15H2,1H3/t21-/m0/s1. The van der Waals surface area contributed by atoms with Crippen molar-refractivity contribution in [1.82, 2.24) is 0 Å². The number of carbonyl (C=O) groups is 2. The molecule has 3 nitrogen and oxygen atoms in total. The van der Waals surface area contributed by atoms with Crippen molar-refractivity contribution in [2.45, 2.75) is 11.7 Å². The highest BCUT2D eigenvalue weighted by Crippen LogP contribution is 2.33. The first-order valence-electron chi connectivity index (χ1n) is 8.43. The van der Waals surface area contributed by atoms with E-state index in [0.29, 0.717) is 12.0 Å². The van der Waals surface area contributed by atoms with Gasteiger partial charge in [0.2, 0.25) is 0 Å². The van der Waals surface area contributed by atoms with E-state index in [1.54, 1.807) is 0 Å². The predicted molar refractivity (Wildman–Crippen MR) is 107 cm³/mol. The number of hydrogen-bond donors (Lipinski definition) is 0. The number of Topliss-reactive ketones (excluding diaryl/α,β-unsaturated/α-hetero) is 1. The molecule has 1 atom stereocenters. The molecule has 3 aromatic rings. The van der Waals surface area contributed by atoms with Crippen LogP contribution in [-0.2, 0) is 9.53 Å². The molecule has 0 radical (unpaired) electrons. The molecule has 4 heteroatoms. The Balaban J connectivity index is 1.80. The molecule has 0 saturated carbocycles. The molecule has 0 N–H and O–H groups in total. The summed E-state index contributed by atoms with van der Waals surface area (Å²) < 4.78 is 4.73. The summed E-state index contributed by atoms with van der Waals surface area (Å²) in [6.07, 6.45) is 0.337. The second-order valence-electron chi connectivity index (χ2n) is 5.98. The van der Waals surface area contributed by atoms with Crippen molar-refractivity contribution in [3.63, 3.8) is 0 Å². The average molecular weight is 364 g/mol. The van der Waals surface area contributed by atoms with Gasteiger partial charge in [-0.1, -0.05) is 66.7 Å². The minimum Gasteiger partial charge on any atom is -0.468 e. The second kappa shape index (κ2) is 8.68. The summed E-state index contributed by atoms with van der Waals surface area (Å²) in [6.45, 7) is 0. The maximum atomic E-state index is 12.9. The van der Waals surface area contributed by atoms with Gasteiger partial charge >= 0.3 is 5.97 Å². The summed E-state index contributed by atoms with van der Waals surface area (Å²) in [5.41, 5.74) is 1.74. The Labute approximate surface area is 157 Å². The highest BCUT2D eigenvalue weighted by molar-refractivity contribution is 8.00. The van der Waals surface area contributed by atoms with Crippen molar-refractivity contribution in [2.24, 2.45) is 0 Å². The number of methoxy groups -OCH3 is 1. The maximum Gasteiger partial charge on any atom is 0.315 e. The number of hydrogen-bond acceptors (Lipinski definition) is 4. The van der Waals surface area contributed by atoms with Crippen LogP contribution in [0.4, 0.5) is 0 Å². The van der Waals surface area contributed by atoms with E-state index in [2.05, 4.69) is 0 Å². The molecule has 0 spiro atoms. The Morgan fingerprint density at radius 3 is 2.35 bits per heavy atom. The van der Waals surface area contributed by atoms with E-state index in [-0.39, 0.29) is 22.8 Å². The lowest BCUT2D eigenvalue weighted by Crippen LogP contribution is -2.10. The lowest BCUT2D eigenvalue weighted by atomic mass is 10.00. The normalized spacial score (nSPS) is 11.9. The van der Waals surface area contributed by atoms with Gasteiger partial charge in [0.1, 0.15) is 0 Å². The summed E-state index contributed by atoms with van der Waals surface area (Å²) in [7, 11) is 1.38. The zero-order chi connectivity index (χ0) is 18.4. The number of esters is 1. The van der Waals surface area contributed by atoms with E-state index in [9.17, 15) is 9.59 Å². The fourth-order valence-electron chi connectivity index (χ4n) is 2.82. The van der Waals surface area contributed by atoms with Gasteiger partial charge in [-0.15, -0.1) is 11.8 Å². The third kappa shape index (κ3) is 4.52. The Bertz CT molecular complexity index is 905.